The second-order valence-electron chi connectivity index (χ2n) is 7.47. The van der Waals surface area contributed by atoms with E-state index in [-0.39, 0.29) is 30.6 Å². The zero-order chi connectivity index (χ0) is 22.6. The Kier molecular flexibility index (Phi) is 7.33. The van der Waals surface area contributed by atoms with Gasteiger partial charge in [-0.25, -0.2) is 8.42 Å². The zero-order valence-electron chi connectivity index (χ0n) is 17.8. The summed E-state index contributed by atoms with van der Waals surface area (Å²) in [6, 6.07) is 10.1. The lowest BCUT2D eigenvalue weighted by atomic mass is 10.1. The third kappa shape index (κ3) is 5.83. The number of carbonyl (C=O) groups excluding carboxylic acids is 1. The van der Waals surface area contributed by atoms with E-state index in [1.54, 1.807) is 42.3 Å². The Balaban J connectivity index is 1.80. The van der Waals surface area contributed by atoms with Gasteiger partial charge in [-0.05, 0) is 54.8 Å². The second kappa shape index (κ2) is 9.78. The first-order valence-electron chi connectivity index (χ1n) is 9.82. The average Bonchev–Trinajstić information content (AvgIpc) is 3.10. The molecule has 0 aliphatic carbocycles. The van der Waals surface area contributed by atoms with Crippen LogP contribution in [-0.2, 0) is 21.2 Å². The number of methoxy groups -OCH3 is 2. The van der Waals surface area contributed by atoms with Gasteiger partial charge in [0, 0.05) is 17.6 Å². The summed E-state index contributed by atoms with van der Waals surface area (Å²) in [6.07, 6.45) is 0.404. The van der Waals surface area contributed by atoms with Gasteiger partial charge in [0.05, 0.1) is 25.7 Å². The lowest BCUT2D eigenvalue weighted by Crippen LogP contribution is -2.43. The first kappa shape index (κ1) is 23.2. The molecule has 1 amide bonds. The maximum absolute atomic E-state index is 13.1. The largest absolute Gasteiger partial charge is 0.493 e. The van der Waals surface area contributed by atoms with Crippen molar-refractivity contribution in [3.8, 4) is 17.2 Å². The van der Waals surface area contributed by atoms with Crippen molar-refractivity contribution in [1.82, 2.24) is 4.90 Å². The molecule has 1 aliphatic heterocycles. The van der Waals surface area contributed by atoms with Crippen LogP contribution in [0.15, 0.2) is 36.4 Å². The highest BCUT2D eigenvalue weighted by molar-refractivity contribution is 7.91. The van der Waals surface area contributed by atoms with Crippen molar-refractivity contribution in [2.75, 3.05) is 32.3 Å². The molecular formula is C22H26ClNO6S. The van der Waals surface area contributed by atoms with Crippen LogP contribution in [0.4, 0.5) is 0 Å². The molecule has 168 valence electrons. The van der Waals surface area contributed by atoms with Gasteiger partial charge in [-0.2, -0.15) is 0 Å². The fourth-order valence-electron chi connectivity index (χ4n) is 3.61. The van der Waals surface area contributed by atoms with Crippen LogP contribution < -0.4 is 14.2 Å². The van der Waals surface area contributed by atoms with Crippen molar-refractivity contribution in [2.45, 2.75) is 25.9 Å². The fourth-order valence-corrected chi connectivity index (χ4v) is 5.57. The monoisotopic (exact) mass is 467 g/mol. The van der Waals surface area contributed by atoms with E-state index in [1.165, 1.54) is 7.11 Å². The van der Waals surface area contributed by atoms with E-state index in [1.807, 2.05) is 13.0 Å². The smallest absolute Gasteiger partial charge is 0.261 e. The third-order valence-corrected chi connectivity index (χ3v) is 7.24. The van der Waals surface area contributed by atoms with Crippen LogP contribution >= 0.6 is 11.6 Å². The van der Waals surface area contributed by atoms with Crippen molar-refractivity contribution < 1.29 is 27.4 Å². The van der Waals surface area contributed by atoms with Gasteiger partial charge in [0.15, 0.2) is 27.9 Å². The molecule has 0 unspecified atom stereocenters. The first-order chi connectivity index (χ1) is 14.7. The highest BCUT2D eigenvalue weighted by atomic mass is 35.5. The van der Waals surface area contributed by atoms with Gasteiger partial charge in [-0.3, -0.25) is 4.79 Å². The topological polar surface area (TPSA) is 82.1 Å². The second-order valence-corrected chi connectivity index (χ2v) is 10.1. The number of hydrogen-bond donors (Lipinski definition) is 0. The Morgan fingerprint density at radius 1 is 1.10 bits per heavy atom. The van der Waals surface area contributed by atoms with Crippen LogP contribution in [0.2, 0.25) is 5.02 Å². The number of rotatable bonds is 8. The molecule has 9 heteroatoms. The Hall–Kier alpha value is -2.45. The van der Waals surface area contributed by atoms with E-state index in [9.17, 15) is 13.2 Å². The van der Waals surface area contributed by atoms with Crippen molar-refractivity contribution in [2.24, 2.45) is 0 Å². The number of ether oxygens (including phenoxy) is 3. The van der Waals surface area contributed by atoms with Gasteiger partial charge in [-0.15, -0.1) is 0 Å². The Morgan fingerprint density at radius 2 is 1.81 bits per heavy atom. The summed E-state index contributed by atoms with van der Waals surface area (Å²) in [7, 11) is -0.0759. The Labute approximate surface area is 187 Å². The highest BCUT2D eigenvalue weighted by Gasteiger charge is 2.35. The quantitative estimate of drug-likeness (QED) is 0.592. The van der Waals surface area contributed by atoms with E-state index in [0.29, 0.717) is 28.7 Å². The van der Waals surface area contributed by atoms with Crippen LogP contribution in [0.1, 0.15) is 17.5 Å². The maximum atomic E-state index is 13.1. The predicted molar refractivity (Wildman–Crippen MR) is 119 cm³/mol. The number of aryl methyl sites for hydroxylation is 1. The summed E-state index contributed by atoms with van der Waals surface area (Å²) in [5, 5.41) is 0.586. The van der Waals surface area contributed by atoms with E-state index >= 15 is 0 Å². The first-order valence-corrected chi connectivity index (χ1v) is 12.0. The van der Waals surface area contributed by atoms with Crippen molar-refractivity contribution >= 4 is 27.3 Å². The third-order valence-electron chi connectivity index (χ3n) is 5.26. The summed E-state index contributed by atoms with van der Waals surface area (Å²) >= 11 is 5.97. The lowest BCUT2D eigenvalue weighted by molar-refractivity contribution is -0.136. The Morgan fingerprint density at radius 3 is 2.42 bits per heavy atom. The minimum Gasteiger partial charge on any atom is -0.493 e. The number of sulfone groups is 1. The van der Waals surface area contributed by atoms with E-state index in [4.69, 9.17) is 25.8 Å². The summed E-state index contributed by atoms with van der Waals surface area (Å²) in [5.74, 6) is 1.42. The highest BCUT2D eigenvalue weighted by Crippen LogP contribution is 2.29. The molecule has 1 atom stereocenters. The molecule has 3 rings (SSSR count). The molecule has 2 aromatic rings. The van der Waals surface area contributed by atoms with Crippen LogP contribution in [-0.4, -0.2) is 57.6 Å². The normalized spacial score (nSPS) is 17.2. The Bertz CT molecular complexity index is 1060. The van der Waals surface area contributed by atoms with E-state index in [0.717, 1.165) is 11.1 Å². The number of amides is 1. The number of nitrogens with zero attached hydrogens (tertiary/aromatic N) is 1. The predicted octanol–water partition coefficient (Wildman–Crippen LogP) is 3.26. The summed E-state index contributed by atoms with van der Waals surface area (Å²) < 4.78 is 40.4. The molecule has 1 saturated heterocycles. The van der Waals surface area contributed by atoms with Gasteiger partial charge >= 0.3 is 0 Å². The fraction of sp³-hybridized carbons (Fsp3) is 0.409. The molecule has 1 aliphatic rings. The number of halogens is 1. The maximum Gasteiger partial charge on any atom is 0.261 e. The van der Waals surface area contributed by atoms with Gasteiger partial charge in [0.1, 0.15) is 5.75 Å². The van der Waals surface area contributed by atoms with Gasteiger partial charge in [-0.1, -0.05) is 17.7 Å². The summed E-state index contributed by atoms with van der Waals surface area (Å²) in [6.45, 7) is 1.88. The standard InChI is InChI=1S/C22H26ClNO6S/c1-15-10-17(23)5-7-19(15)30-13-22(25)24(18-8-9-31(26,27)14-18)12-16-4-6-20(28-2)21(11-16)29-3/h4-7,10-11,18H,8-9,12-14H2,1-3H3/t18-/m1/s1. The number of carbonyl (C=O) groups is 1. The van der Waals surface area contributed by atoms with E-state index in [2.05, 4.69) is 0 Å². The summed E-state index contributed by atoms with van der Waals surface area (Å²) in [4.78, 5) is 14.7. The molecule has 0 radical (unpaired) electrons. The molecule has 31 heavy (non-hydrogen) atoms. The number of benzene rings is 2. The zero-order valence-corrected chi connectivity index (χ0v) is 19.3. The minimum atomic E-state index is -3.16. The van der Waals surface area contributed by atoms with Crippen LogP contribution in [0.5, 0.6) is 17.2 Å². The molecule has 0 spiro atoms. The van der Waals surface area contributed by atoms with Crippen LogP contribution in [0.3, 0.4) is 0 Å². The minimum absolute atomic E-state index is 0.0496. The molecule has 0 aromatic heterocycles. The molecule has 0 saturated carbocycles. The van der Waals surface area contributed by atoms with Crippen molar-refractivity contribution in [1.29, 1.82) is 0 Å². The number of hydrogen-bond acceptors (Lipinski definition) is 6. The SMILES string of the molecule is COc1ccc(CN(C(=O)COc2ccc(Cl)cc2C)[C@@H]2CCS(=O)(=O)C2)cc1OC. The summed E-state index contributed by atoms with van der Waals surface area (Å²) in [5.41, 5.74) is 1.62. The van der Waals surface area contributed by atoms with E-state index < -0.39 is 15.9 Å². The lowest BCUT2D eigenvalue weighted by Gasteiger charge is -2.29. The van der Waals surface area contributed by atoms with Crippen molar-refractivity contribution in [3.05, 3.63) is 52.5 Å². The molecule has 1 heterocycles. The van der Waals surface area contributed by atoms with Gasteiger partial charge in [0.25, 0.3) is 5.91 Å². The average molecular weight is 468 g/mol. The molecular weight excluding hydrogens is 442 g/mol. The molecule has 1 fully saturated rings. The molecule has 0 N–H and O–H groups in total. The molecule has 7 nitrogen and oxygen atoms in total. The van der Waals surface area contributed by atoms with Crippen LogP contribution in [0.25, 0.3) is 0 Å². The molecule has 0 bridgehead atoms. The van der Waals surface area contributed by atoms with Gasteiger partial charge in [0.2, 0.25) is 0 Å². The van der Waals surface area contributed by atoms with Crippen LogP contribution in [0, 0.1) is 6.92 Å². The van der Waals surface area contributed by atoms with Gasteiger partial charge < -0.3 is 19.1 Å². The molecule has 2 aromatic carbocycles. The van der Waals surface area contributed by atoms with Crippen molar-refractivity contribution in [3.63, 3.8) is 0 Å².